The van der Waals surface area contributed by atoms with Gasteiger partial charge in [-0.3, -0.25) is 0 Å². The van der Waals surface area contributed by atoms with Crippen LogP contribution in [0.4, 0.5) is 11.4 Å². The van der Waals surface area contributed by atoms with Crippen LogP contribution < -0.4 is 10.6 Å². The van der Waals surface area contributed by atoms with Gasteiger partial charge in [0.05, 0.1) is 0 Å². The maximum Gasteiger partial charge on any atom is 0.0426 e. The van der Waals surface area contributed by atoms with Crippen LogP contribution >= 0.6 is 0 Å². The SMILES string of the molecule is C=Cc1cc(-c2ccc(CN(C)c3cccc(/C=C/C)c3)cc2)ccc1N. The van der Waals surface area contributed by atoms with E-state index in [1.54, 1.807) is 6.08 Å². The molecular weight excluding hydrogens is 328 g/mol. The molecule has 3 aromatic carbocycles. The van der Waals surface area contributed by atoms with Gasteiger partial charge < -0.3 is 10.6 Å². The van der Waals surface area contributed by atoms with E-state index in [2.05, 4.69) is 91.3 Å². The van der Waals surface area contributed by atoms with Crippen molar-refractivity contribution in [2.45, 2.75) is 13.5 Å². The quantitative estimate of drug-likeness (QED) is 0.530. The summed E-state index contributed by atoms with van der Waals surface area (Å²) in [4.78, 5) is 2.26. The Balaban J connectivity index is 1.76. The number of nitrogens with two attached hydrogens (primary N) is 1. The second kappa shape index (κ2) is 8.41. The van der Waals surface area contributed by atoms with E-state index in [9.17, 15) is 0 Å². The number of hydrogen-bond acceptors (Lipinski definition) is 2. The molecule has 0 aromatic heterocycles. The largest absolute Gasteiger partial charge is 0.398 e. The molecule has 2 N–H and O–H groups in total. The Morgan fingerprint density at radius 1 is 0.963 bits per heavy atom. The summed E-state index contributed by atoms with van der Waals surface area (Å²) >= 11 is 0. The van der Waals surface area contributed by atoms with Crippen LogP contribution in [-0.2, 0) is 6.54 Å². The minimum absolute atomic E-state index is 0.757. The second-order valence-corrected chi connectivity index (χ2v) is 6.70. The van der Waals surface area contributed by atoms with Gasteiger partial charge >= 0.3 is 0 Å². The van der Waals surface area contributed by atoms with Crippen LogP contribution in [0.25, 0.3) is 23.3 Å². The van der Waals surface area contributed by atoms with E-state index >= 15 is 0 Å². The van der Waals surface area contributed by atoms with Crippen molar-refractivity contribution >= 4 is 23.5 Å². The Kier molecular flexibility index (Phi) is 5.77. The van der Waals surface area contributed by atoms with Gasteiger partial charge in [-0.05, 0) is 59.0 Å². The number of allylic oxidation sites excluding steroid dienone is 1. The first-order chi connectivity index (χ1) is 13.1. The fraction of sp³-hybridized carbons (Fsp3) is 0.120. The summed E-state index contributed by atoms with van der Waals surface area (Å²) in [6.07, 6.45) is 5.98. The molecule has 0 aliphatic carbocycles. The molecule has 27 heavy (non-hydrogen) atoms. The number of rotatable bonds is 6. The van der Waals surface area contributed by atoms with Gasteiger partial charge in [0.1, 0.15) is 0 Å². The Labute approximate surface area is 162 Å². The third-order valence-electron chi connectivity index (χ3n) is 4.68. The van der Waals surface area contributed by atoms with Crippen molar-refractivity contribution in [3.8, 4) is 11.1 Å². The van der Waals surface area contributed by atoms with Gasteiger partial charge in [0, 0.05) is 25.0 Å². The van der Waals surface area contributed by atoms with Gasteiger partial charge in [0.15, 0.2) is 0 Å². The molecular formula is C25H26N2. The highest BCUT2D eigenvalue weighted by molar-refractivity contribution is 5.73. The molecule has 2 heteroatoms. The first-order valence-electron chi connectivity index (χ1n) is 9.16. The summed E-state index contributed by atoms with van der Waals surface area (Å²) < 4.78 is 0. The lowest BCUT2D eigenvalue weighted by molar-refractivity contribution is 0.923. The minimum Gasteiger partial charge on any atom is -0.398 e. The molecule has 0 atom stereocenters. The smallest absolute Gasteiger partial charge is 0.0426 e. The molecule has 0 amide bonds. The van der Waals surface area contributed by atoms with Gasteiger partial charge in [0.25, 0.3) is 0 Å². The summed E-state index contributed by atoms with van der Waals surface area (Å²) in [6.45, 7) is 6.73. The Bertz CT molecular complexity index is 952. The molecule has 0 bridgehead atoms. The average Bonchev–Trinajstić information content (AvgIpc) is 2.69. The zero-order chi connectivity index (χ0) is 19.2. The highest BCUT2D eigenvalue weighted by Crippen LogP contribution is 2.25. The van der Waals surface area contributed by atoms with E-state index in [0.717, 1.165) is 23.4 Å². The number of nitrogens with zero attached hydrogens (tertiary/aromatic N) is 1. The third kappa shape index (κ3) is 4.48. The predicted molar refractivity (Wildman–Crippen MR) is 120 cm³/mol. The summed E-state index contributed by atoms with van der Waals surface area (Å²) in [7, 11) is 2.12. The van der Waals surface area contributed by atoms with Gasteiger partial charge in [-0.1, -0.05) is 67.3 Å². The Morgan fingerprint density at radius 3 is 2.41 bits per heavy atom. The van der Waals surface area contributed by atoms with E-state index < -0.39 is 0 Å². The summed E-state index contributed by atoms with van der Waals surface area (Å²) in [5.74, 6) is 0. The molecule has 0 saturated heterocycles. The lowest BCUT2D eigenvalue weighted by Crippen LogP contribution is -2.16. The Morgan fingerprint density at radius 2 is 1.70 bits per heavy atom. The van der Waals surface area contributed by atoms with Gasteiger partial charge in [0.2, 0.25) is 0 Å². The average molecular weight is 354 g/mol. The standard InChI is InChI=1S/C25H26N2/c1-4-7-19-8-6-9-24(16-19)27(3)18-20-10-12-22(13-11-20)23-14-15-25(26)21(5-2)17-23/h4-17H,2,18,26H2,1,3H3/b7-4+. The molecule has 0 unspecified atom stereocenters. The van der Waals surface area contributed by atoms with E-state index in [4.69, 9.17) is 5.73 Å². The van der Waals surface area contributed by atoms with Gasteiger partial charge in [-0.15, -0.1) is 0 Å². The van der Waals surface area contributed by atoms with Crippen molar-refractivity contribution in [1.82, 2.24) is 0 Å². The molecule has 0 aliphatic rings. The molecule has 0 spiro atoms. The fourth-order valence-electron chi connectivity index (χ4n) is 3.16. The predicted octanol–water partition coefficient (Wildman–Crippen LogP) is 6.25. The van der Waals surface area contributed by atoms with Crippen LogP contribution in [0, 0.1) is 0 Å². The van der Waals surface area contributed by atoms with Crippen LogP contribution in [0.3, 0.4) is 0 Å². The Hall–Kier alpha value is -3.26. The first kappa shape index (κ1) is 18.5. The molecule has 0 heterocycles. The highest BCUT2D eigenvalue weighted by atomic mass is 15.1. The summed E-state index contributed by atoms with van der Waals surface area (Å²) in [6, 6.07) is 23.3. The molecule has 3 aromatic rings. The molecule has 0 radical (unpaired) electrons. The summed E-state index contributed by atoms with van der Waals surface area (Å²) in [5, 5.41) is 0. The molecule has 136 valence electrons. The maximum atomic E-state index is 5.96. The highest BCUT2D eigenvalue weighted by Gasteiger charge is 2.05. The monoisotopic (exact) mass is 354 g/mol. The molecule has 3 rings (SSSR count). The fourth-order valence-corrected chi connectivity index (χ4v) is 3.16. The van der Waals surface area contributed by atoms with Crippen LogP contribution in [0.1, 0.15) is 23.6 Å². The van der Waals surface area contributed by atoms with Crippen LogP contribution in [-0.4, -0.2) is 7.05 Å². The lowest BCUT2D eigenvalue weighted by atomic mass is 10.0. The molecule has 0 aliphatic heterocycles. The van der Waals surface area contributed by atoms with Crippen molar-refractivity contribution in [3.05, 3.63) is 96.1 Å². The van der Waals surface area contributed by atoms with Crippen molar-refractivity contribution in [1.29, 1.82) is 0 Å². The minimum atomic E-state index is 0.757. The topological polar surface area (TPSA) is 29.3 Å². The number of hydrogen-bond donors (Lipinski definition) is 1. The number of benzene rings is 3. The number of anilines is 2. The third-order valence-corrected chi connectivity index (χ3v) is 4.68. The van der Waals surface area contributed by atoms with Crippen molar-refractivity contribution in [2.75, 3.05) is 17.7 Å². The molecule has 2 nitrogen and oxygen atoms in total. The van der Waals surface area contributed by atoms with Crippen molar-refractivity contribution in [2.24, 2.45) is 0 Å². The second-order valence-electron chi connectivity index (χ2n) is 6.70. The van der Waals surface area contributed by atoms with E-state index in [1.807, 2.05) is 13.0 Å². The van der Waals surface area contributed by atoms with Crippen molar-refractivity contribution in [3.63, 3.8) is 0 Å². The normalized spacial score (nSPS) is 10.9. The first-order valence-corrected chi connectivity index (χ1v) is 9.16. The van der Waals surface area contributed by atoms with Crippen LogP contribution in [0.2, 0.25) is 0 Å². The van der Waals surface area contributed by atoms with E-state index in [1.165, 1.54) is 22.4 Å². The van der Waals surface area contributed by atoms with Crippen LogP contribution in [0.5, 0.6) is 0 Å². The van der Waals surface area contributed by atoms with Gasteiger partial charge in [-0.2, -0.15) is 0 Å². The zero-order valence-corrected chi connectivity index (χ0v) is 16.0. The van der Waals surface area contributed by atoms with Gasteiger partial charge in [-0.25, -0.2) is 0 Å². The number of nitrogen functional groups attached to an aromatic ring is 1. The van der Waals surface area contributed by atoms with E-state index in [0.29, 0.717) is 0 Å². The summed E-state index contributed by atoms with van der Waals surface area (Å²) in [5.41, 5.74) is 13.7. The van der Waals surface area contributed by atoms with E-state index in [-0.39, 0.29) is 0 Å². The maximum absolute atomic E-state index is 5.96. The molecule has 0 fully saturated rings. The van der Waals surface area contributed by atoms with Crippen LogP contribution in [0.15, 0.2) is 79.4 Å². The lowest BCUT2D eigenvalue weighted by Gasteiger charge is -2.20. The molecule has 0 saturated carbocycles. The zero-order valence-electron chi connectivity index (χ0n) is 16.0. The van der Waals surface area contributed by atoms with Crippen molar-refractivity contribution < 1.29 is 0 Å².